The van der Waals surface area contributed by atoms with Crippen LogP contribution in [0.15, 0.2) is 78.0 Å². The summed E-state index contributed by atoms with van der Waals surface area (Å²) in [6, 6.07) is 17.0. The van der Waals surface area contributed by atoms with E-state index in [0.29, 0.717) is 27.8 Å². The molecule has 2 N–H and O–H groups in total. The van der Waals surface area contributed by atoms with Crippen LogP contribution in [0.5, 0.6) is 5.75 Å². The zero-order valence-electron chi connectivity index (χ0n) is 25.2. The number of nitrogens with zero attached hydrogens (tertiary/aromatic N) is 5. The fourth-order valence-corrected chi connectivity index (χ4v) is 6.01. The van der Waals surface area contributed by atoms with Gasteiger partial charge in [0.05, 0.1) is 17.1 Å². The molecule has 5 rings (SSSR count). The summed E-state index contributed by atoms with van der Waals surface area (Å²) in [7, 11) is 0. The van der Waals surface area contributed by atoms with Gasteiger partial charge in [0.2, 0.25) is 5.91 Å². The molecule has 1 saturated heterocycles. The van der Waals surface area contributed by atoms with E-state index in [2.05, 4.69) is 32.1 Å². The lowest BCUT2D eigenvalue weighted by atomic mass is 10.0. The molecule has 0 bridgehead atoms. The lowest BCUT2D eigenvalue weighted by Crippen LogP contribution is -2.41. The van der Waals surface area contributed by atoms with Gasteiger partial charge in [0.25, 0.3) is 0 Å². The smallest absolute Gasteiger partial charge is 0.480 e. The summed E-state index contributed by atoms with van der Waals surface area (Å²) in [6.45, 7) is 4.01. The van der Waals surface area contributed by atoms with Crippen molar-refractivity contribution in [1.82, 2.24) is 20.1 Å². The topological polar surface area (TPSA) is 122 Å². The van der Waals surface area contributed by atoms with Crippen LogP contribution >= 0.6 is 24.0 Å². The third-order valence-corrected chi connectivity index (χ3v) is 8.17. The van der Waals surface area contributed by atoms with Crippen molar-refractivity contribution in [3.05, 3.63) is 89.7 Å². The van der Waals surface area contributed by atoms with Gasteiger partial charge in [0.15, 0.2) is 16.1 Å². The molecule has 2 heterocycles. The highest BCUT2D eigenvalue weighted by Crippen LogP contribution is 2.31. The van der Waals surface area contributed by atoms with E-state index in [1.54, 1.807) is 29.2 Å². The van der Waals surface area contributed by atoms with Crippen LogP contribution in [0.1, 0.15) is 30.0 Å². The number of amides is 1. The first-order chi connectivity index (χ1) is 22.4. The maximum Gasteiger partial charge on any atom is 0.573 e. The number of hydrogen-bond acceptors (Lipinski definition) is 7. The molecule has 0 spiro atoms. The van der Waals surface area contributed by atoms with E-state index < -0.39 is 18.4 Å². The van der Waals surface area contributed by atoms with Crippen molar-refractivity contribution in [3.63, 3.8) is 0 Å². The lowest BCUT2D eigenvalue weighted by Gasteiger charge is -2.21. The van der Waals surface area contributed by atoms with Gasteiger partial charge < -0.3 is 15.2 Å². The maximum atomic E-state index is 12.9. The van der Waals surface area contributed by atoms with Gasteiger partial charge in [-0.15, -0.1) is 18.3 Å². The number of benzene rings is 3. The van der Waals surface area contributed by atoms with Crippen LogP contribution in [0.3, 0.4) is 0 Å². The minimum atomic E-state index is -4.78. The Labute approximate surface area is 277 Å². The molecule has 0 aliphatic carbocycles. The Balaban J connectivity index is 1.25. The number of carbonyl (C=O) groups is 2. The normalized spacial score (nSPS) is 14.8. The number of hydrogen-bond donors (Lipinski definition) is 2. The molecule has 15 heteroatoms. The van der Waals surface area contributed by atoms with Crippen LogP contribution in [-0.2, 0) is 22.4 Å². The zero-order chi connectivity index (χ0) is 33.7. The van der Waals surface area contributed by atoms with Crippen LogP contribution in [-0.4, -0.2) is 60.2 Å². The molecule has 0 saturated carbocycles. The molecule has 1 aliphatic heterocycles. The number of thiocarbonyl (C=S) groups is 1. The summed E-state index contributed by atoms with van der Waals surface area (Å²) in [5, 5.41) is 17.5. The minimum Gasteiger partial charge on any atom is -0.480 e. The summed E-state index contributed by atoms with van der Waals surface area (Å²) in [6.07, 6.45) is -1.58. The van der Waals surface area contributed by atoms with Crippen LogP contribution < -0.4 is 15.0 Å². The van der Waals surface area contributed by atoms with Gasteiger partial charge in [0, 0.05) is 12.0 Å². The molecule has 3 aromatic carbocycles. The summed E-state index contributed by atoms with van der Waals surface area (Å²) < 4.78 is 42.6. The summed E-state index contributed by atoms with van der Waals surface area (Å²) in [4.78, 5) is 35.3. The number of alkyl halides is 3. The van der Waals surface area contributed by atoms with Crippen LogP contribution in [0, 0.1) is 6.92 Å². The van der Waals surface area contributed by atoms with Gasteiger partial charge in [0.1, 0.15) is 18.1 Å². The van der Waals surface area contributed by atoms with E-state index in [-0.39, 0.29) is 28.9 Å². The Hall–Kier alpha value is -4.76. The number of aromatic nitrogens is 3. The van der Waals surface area contributed by atoms with E-state index in [9.17, 15) is 27.9 Å². The van der Waals surface area contributed by atoms with Crippen molar-refractivity contribution in [2.24, 2.45) is 4.99 Å². The predicted molar refractivity (Wildman–Crippen MR) is 177 cm³/mol. The van der Waals surface area contributed by atoms with Crippen molar-refractivity contribution >= 4 is 51.8 Å². The van der Waals surface area contributed by atoms with Gasteiger partial charge in [-0.2, -0.15) is 4.99 Å². The molecule has 10 nitrogen and oxygen atoms in total. The summed E-state index contributed by atoms with van der Waals surface area (Å²) in [5.41, 5.74) is 4.59. The third-order valence-electron chi connectivity index (χ3n) is 7.04. The number of carboxylic acid groups (broad SMARTS) is 1. The molecule has 0 radical (unpaired) electrons. The monoisotopic (exact) mass is 682 g/mol. The van der Waals surface area contributed by atoms with E-state index in [1.165, 1.54) is 47.0 Å². The molecule has 1 amide bonds. The van der Waals surface area contributed by atoms with E-state index >= 15 is 0 Å². The standard InChI is InChI=1S/C32H29F3N6O4S2/c1-3-4-21-8-5-19(2)15-26(21)41-27(42)17-47-31(41)38-30(46)37-25(29(43)44)16-20-6-9-22(10-7-20)28-36-18-40(39-28)23-11-13-24(14-12-23)45-32(33,34)35/h5-15,18,25H,3-4,16-17H2,1-2H3,(H,37,46)(H,43,44). The average molecular weight is 683 g/mol. The zero-order valence-corrected chi connectivity index (χ0v) is 26.8. The van der Waals surface area contributed by atoms with E-state index in [0.717, 1.165) is 29.7 Å². The van der Waals surface area contributed by atoms with Gasteiger partial charge >= 0.3 is 12.3 Å². The van der Waals surface area contributed by atoms with Crippen LogP contribution in [0.4, 0.5) is 18.9 Å². The number of nitrogens with one attached hydrogen (secondary N) is 1. The number of aliphatic imine (C=N–C) groups is 1. The number of thioether (sulfide) groups is 1. The number of aliphatic carboxylic acids is 1. The molecule has 1 fully saturated rings. The molecule has 47 heavy (non-hydrogen) atoms. The Bertz CT molecular complexity index is 1810. The fourth-order valence-electron chi connectivity index (χ4n) is 4.86. The van der Waals surface area contributed by atoms with Crippen LogP contribution in [0.2, 0.25) is 0 Å². The van der Waals surface area contributed by atoms with E-state index in [4.69, 9.17) is 12.2 Å². The molecule has 1 unspecified atom stereocenters. The third kappa shape index (κ3) is 8.54. The Kier molecular flexibility index (Phi) is 10.3. The lowest BCUT2D eigenvalue weighted by molar-refractivity contribution is -0.274. The number of carbonyl (C=O) groups excluding carboxylic acids is 1. The molecule has 1 atom stereocenters. The van der Waals surface area contributed by atoms with Gasteiger partial charge in [-0.1, -0.05) is 61.5 Å². The van der Waals surface area contributed by atoms with E-state index in [1.807, 2.05) is 25.1 Å². The Morgan fingerprint density at radius 1 is 1.15 bits per heavy atom. The first kappa shape index (κ1) is 33.6. The van der Waals surface area contributed by atoms with Crippen molar-refractivity contribution in [2.75, 3.05) is 10.7 Å². The Morgan fingerprint density at radius 3 is 2.53 bits per heavy atom. The second-order valence-corrected chi connectivity index (χ2v) is 11.9. The van der Waals surface area contributed by atoms with Gasteiger partial charge in [-0.25, -0.2) is 14.5 Å². The van der Waals surface area contributed by atoms with Crippen LogP contribution in [0.25, 0.3) is 17.1 Å². The maximum absolute atomic E-state index is 12.9. The largest absolute Gasteiger partial charge is 0.573 e. The second-order valence-electron chi connectivity index (χ2n) is 10.6. The molecular formula is C32H29F3N6O4S2. The number of rotatable bonds is 10. The number of carboxylic acids is 1. The summed E-state index contributed by atoms with van der Waals surface area (Å²) >= 11 is 6.67. The SMILES string of the molecule is CCCc1ccc(C)cc1N1C(=O)CSC1=NC(=S)NC(Cc1ccc(-c2ncn(-c3ccc(OC(F)(F)F)cc3)n2)cc1)C(=O)O. The molecule has 244 valence electrons. The van der Waals surface area contributed by atoms with Gasteiger partial charge in [-0.05, 0) is 72.6 Å². The predicted octanol–water partition coefficient (Wildman–Crippen LogP) is 6.10. The second kappa shape index (κ2) is 14.3. The molecular weight excluding hydrogens is 654 g/mol. The Morgan fingerprint density at radius 2 is 1.87 bits per heavy atom. The number of halogens is 3. The molecule has 4 aromatic rings. The minimum absolute atomic E-state index is 0.0475. The number of aryl methyl sites for hydroxylation is 2. The van der Waals surface area contributed by atoms with Crippen molar-refractivity contribution < 1.29 is 32.6 Å². The highest BCUT2D eigenvalue weighted by atomic mass is 32.2. The first-order valence-electron chi connectivity index (χ1n) is 14.4. The van der Waals surface area contributed by atoms with Gasteiger partial charge in [-0.3, -0.25) is 9.69 Å². The number of amidine groups is 1. The quantitative estimate of drug-likeness (QED) is 0.191. The molecule has 1 aromatic heterocycles. The molecule has 1 aliphatic rings. The number of ether oxygens (including phenoxy) is 1. The first-order valence-corrected chi connectivity index (χ1v) is 15.8. The van der Waals surface area contributed by atoms with Crippen molar-refractivity contribution in [1.29, 1.82) is 0 Å². The van der Waals surface area contributed by atoms with Crippen molar-refractivity contribution in [2.45, 2.75) is 45.5 Å². The highest BCUT2D eigenvalue weighted by molar-refractivity contribution is 8.15. The number of anilines is 1. The fraction of sp³-hybridized carbons (Fsp3) is 0.250. The summed E-state index contributed by atoms with van der Waals surface area (Å²) in [5.74, 6) is -1.04. The van der Waals surface area contributed by atoms with Crippen molar-refractivity contribution in [3.8, 4) is 22.8 Å². The average Bonchev–Trinajstić information content (AvgIpc) is 3.65. The highest BCUT2D eigenvalue weighted by Gasteiger charge is 2.32.